The number of ether oxygens (including phenoxy) is 2. The van der Waals surface area contributed by atoms with E-state index in [4.69, 9.17) is 9.47 Å². The molecule has 3 aromatic rings. The average Bonchev–Trinajstić information content (AvgIpc) is 2.88. The van der Waals surface area contributed by atoms with Crippen LogP contribution in [0.5, 0.6) is 11.5 Å². The smallest absolute Gasteiger partial charge is 0.315 e. The molecule has 1 heterocycles. The Hall–Kier alpha value is -3.25. The second-order valence-corrected chi connectivity index (χ2v) is 7.86. The molecule has 1 aliphatic heterocycles. The highest BCUT2D eigenvalue weighted by molar-refractivity contribution is 7.99. The van der Waals surface area contributed by atoms with E-state index >= 15 is 0 Å². The molecule has 1 aliphatic rings. The quantitative estimate of drug-likeness (QED) is 0.431. The fraction of sp³-hybridized carbons (Fsp3) is 0.167. The van der Waals surface area contributed by atoms with Crippen molar-refractivity contribution in [2.75, 3.05) is 18.6 Å². The lowest BCUT2D eigenvalue weighted by atomic mass is 10.1. The lowest BCUT2D eigenvalue weighted by Crippen LogP contribution is -2.30. The molecule has 0 fully saturated rings. The van der Waals surface area contributed by atoms with Gasteiger partial charge in [0.1, 0.15) is 11.5 Å². The van der Waals surface area contributed by atoms with Crippen molar-refractivity contribution in [2.24, 2.45) is 0 Å². The molecular formula is C24H21NO4S. The topological polar surface area (TPSA) is 55.8 Å². The van der Waals surface area contributed by atoms with Crippen molar-refractivity contribution in [1.82, 2.24) is 0 Å². The number of carbonyl (C=O) groups is 2. The first-order chi connectivity index (χ1) is 14.6. The third-order valence-corrected chi connectivity index (χ3v) is 6.00. The van der Waals surface area contributed by atoms with E-state index in [1.165, 1.54) is 0 Å². The highest BCUT2D eigenvalue weighted by atomic mass is 32.2. The van der Waals surface area contributed by atoms with Crippen molar-refractivity contribution in [3.8, 4) is 11.5 Å². The molecule has 0 unspecified atom stereocenters. The number of nitrogens with zero attached hydrogens (tertiary/aromatic N) is 1. The molecule has 0 aromatic heterocycles. The Morgan fingerprint density at radius 1 is 0.967 bits per heavy atom. The minimum atomic E-state index is -0.362. The molecule has 0 spiro atoms. The van der Waals surface area contributed by atoms with Crippen molar-refractivity contribution in [3.63, 3.8) is 0 Å². The summed E-state index contributed by atoms with van der Waals surface area (Å²) in [5.41, 5.74) is 2.27. The SMILES string of the molecule is CCN1C(=O)c2ccccc2Sc2ccc(OC(=O)Cc3ccc(OC)cc3)cc21. The summed E-state index contributed by atoms with van der Waals surface area (Å²) in [7, 11) is 1.60. The molecule has 0 bridgehead atoms. The first-order valence-electron chi connectivity index (χ1n) is 9.65. The number of hydrogen-bond donors (Lipinski definition) is 0. The maximum atomic E-state index is 13.1. The molecule has 6 heteroatoms. The van der Waals surface area contributed by atoms with E-state index in [9.17, 15) is 9.59 Å². The van der Waals surface area contributed by atoms with Crippen LogP contribution in [0.25, 0.3) is 0 Å². The van der Waals surface area contributed by atoms with Crippen LogP contribution in [0.2, 0.25) is 0 Å². The largest absolute Gasteiger partial charge is 0.497 e. The zero-order chi connectivity index (χ0) is 21.1. The highest BCUT2D eigenvalue weighted by Crippen LogP contribution is 2.42. The van der Waals surface area contributed by atoms with E-state index in [1.54, 1.807) is 35.9 Å². The first kappa shape index (κ1) is 20.0. The second-order valence-electron chi connectivity index (χ2n) is 6.78. The molecule has 0 N–H and O–H groups in total. The van der Waals surface area contributed by atoms with Crippen LogP contribution in [0.3, 0.4) is 0 Å². The lowest BCUT2D eigenvalue weighted by molar-refractivity contribution is -0.133. The monoisotopic (exact) mass is 419 g/mol. The first-order valence-corrected chi connectivity index (χ1v) is 10.5. The van der Waals surface area contributed by atoms with E-state index < -0.39 is 0 Å². The summed E-state index contributed by atoms with van der Waals surface area (Å²) in [6.45, 7) is 2.45. The van der Waals surface area contributed by atoms with Gasteiger partial charge in [0.15, 0.2) is 0 Å². The van der Waals surface area contributed by atoms with Crippen LogP contribution in [-0.4, -0.2) is 25.5 Å². The van der Waals surface area contributed by atoms with Gasteiger partial charge in [-0.15, -0.1) is 0 Å². The Bertz CT molecular complexity index is 1090. The second kappa shape index (κ2) is 8.63. The summed E-state index contributed by atoms with van der Waals surface area (Å²) >= 11 is 1.55. The molecule has 0 radical (unpaired) electrons. The van der Waals surface area contributed by atoms with E-state index in [1.807, 2.05) is 61.5 Å². The third-order valence-electron chi connectivity index (χ3n) is 4.86. The van der Waals surface area contributed by atoms with E-state index in [0.29, 0.717) is 17.9 Å². The molecular weight excluding hydrogens is 398 g/mol. The number of anilines is 1. The Morgan fingerprint density at radius 3 is 2.43 bits per heavy atom. The molecule has 5 nitrogen and oxygen atoms in total. The molecule has 0 saturated heterocycles. The van der Waals surface area contributed by atoms with Gasteiger partial charge in [0.2, 0.25) is 0 Å². The fourth-order valence-corrected chi connectivity index (χ4v) is 4.41. The van der Waals surface area contributed by atoms with Crippen LogP contribution < -0.4 is 14.4 Å². The number of esters is 1. The van der Waals surface area contributed by atoms with Crippen LogP contribution in [0.15, 0.2) is 76.5 Å². The predicted molar refractivity (Wildman–Crippen MR) is 117 cm³/mol. The van der Waals surface area contributed by atoms with E-state index in [0.717, 1.165) is 26.8 Å². The molecule has 152 valence electrons. The zero-order valence-electron chi connectivity index (χ0n) is 16.8. The fourth-order valence-electron chi connectivity index (χ4n) is 3.36. The molecule has 0 saturated carbocycles. The number of fused-ring (bicyclic) bond motifs is 2. The van der Waals surface area contributed by atoms with Crippen molar-refractivity contribution in [3.05, 3.63) is 77.9 Å². The van der Waals surface area contributed by atoms with Crippen molar-refractivity contribution in [1.29, 1.82) is 0 Å². The van der Waals surface area contributed by atoms with Gasteiger partial charge >= 0.3 is 5.97 Å². The summed E-state index contributed by atoms with van der Waals surface area (Å²) in [4.78, 5) is 29.1. The van der Waals surface area contributed by atoms with Crippen LogP contribution in [-0.2, 0) is 11.2 Å². The summed E-state index contributed by atoms with van der Waals surface area (Å²) < 4.78 is 10.7. The summed E-state index contributed by atoms with van der Waals surface area (Å²) in [6.07, 6.45) is 0.150. The number of amides is 1. The number of carbonyl (C=O) groups excluding carboxylic acids is 2. The number of hydrogen-bond acceptors (Lipinski definition) is 5. The van der Waals surface area contributed by atoms with E-state index in [2.05, 4.69) is 0 Å². The molecule has 0 aliphatic carbocycles. The third kappa shape index (κ3) is 4.04. The van der Waals surface area contributed by atoms with Crippen LogP contribution in [0.1, 0.15) is 22.8 Å². The van der Waals surface area contributed by atoms with Gasteiger partial charge in [0.05, 0.1) is 24.8 Å². The van der Waals surface area contributed by atoms with Gasteiger partial charge in [-0.3, -0.25) is 9.59 Å². The summed E-state index contributed by atoms with van der Waals surface area (Å²) in [6, 6.07) is 20.3. The number of rotatable bonds is 5. The zero-order valence-corrected chi connectivity index (χ0v) is 17.6. The van der Waals surface area contributed by atoms with Gasteiger partial charge in [0.25, 0.3) is 5.91 Å². The van der Waals surface area contributed by atoms with Gasteiger partial charge in [-0.05, 0) is 48.9 Å². The minimum absolute atomic E-state index is 0.0546. The molecule has 3 aromatic carbocycles. The number of benzene rings is 3. The van der Waals surface area contributed by atoms with Gasteiger partial charge in [-0.2, -0.15) is 0 Å². The van der Waals surface area contributed by atoms with Crippen LogP contribution >= 0.6 is 11.8 Å². The molecule has 0 atom stereocenters. The minimum Gasteiger partial charge on any atom is -0.497 e. The van der Waals surface area contributed by atoms with Gasteiger partial charge < -0.3 is 14.4 Å². The van der Waals surface area contributed by atoms with Gasteiger partial charge in [0, 0.05) is 22.4 Å². The Kier molecular flexibility index (Phi) is 5.77. The van der Waals surface area contributed by atoms with Crippen molar-refractivity contribution < 1.29 is 19.1 Å². The van der Waals surface area contributed by atoms with Crippen LogP contribution in [0.4, 0.5) is 5.69 Å². The highest BCUT2D eigenvalue weighted by Gasteiger charge is 2.26. The molecule has 4 rings (SSSR count). The Balaban J connectivity index is 1.56. The van der Waals surface area contributed by atoms with E-state index in [-0.39, 0.29) is 18.3 Å². The maximum absolute atomic E-state index is 13.1. The number of methoxy groups -OCH3 is 1. The Labute approximate surface area is 179 Å². The maximum Gasteiger partial charge on any atom is 0.315 e. The average molecular weight is 420 g/mol. The van der Waals surface area contributed by atoms with Crippen LogP contribution in [0, 0.1) is 0 Å². The summed E-state index contributed by atoms with van der Waals surface area (Å²) in [5.74, 6) is 0.742. The molecule has 1 amide bonds. The standard InChI is InChI=1S/C24H21NO4S/c1-3-25-20-15-18(29-23(26)14-16-8-10-17(28-2)11-9-16)12-13-22(20)30-21-7-5-4-6-19(21)24(25)27/h4-13,15H,3,14H2,1-2H3. The molecule has 30 heavy (non-hydrogen) atoms. The van der Waals surface area contributed by atoms with Gasteiger partial charge in [-0.1, -0.05) is 36.0 Å². The Morgan fingerprint density at radius 2 is 1.70 bits per heavy atom. The summed E-state index contributed by atoms with van der Waals surface area (Å²) in [5, 5.41) is 0. The lowest BCUT2D eigenvalue weighted by Gasteiger charge is -2.21. The normalized spacial score (nSPS) is 12.6. The van der Waals surface area contributed by atoms with Crippen molar-refractivity contribution in [2.45, 2.75) is 23.1 Å². The predicted octanol–water partition coefficient (Wildman–Crippen LogP) is 4.97. The van der Waals surface area contributed by atoms with Gasteiger partial charge in [-0.25, -0.2) is 0 Å². The van der Waals surface area contributed by atoms with Crippen molar-refractivity contribution >= 4 is 29.3 Å².